The number of rotatable bonds is 5. The Labute approximate surface area is 94.5 Å². The lowest BCUT2D eigenvalue weighted by molar-refractivity contribution is -0.167. The van der Waals surface area contributed by atoms with Crippen LogP contribution in [0.2, 0.25) is 0 Å². The quantitative estimate of drug-likeness (QED) is 0.571. The summed E-state index contributed by atoms with van der Waals surface area (Å²) in [6, 6.07) is 0. The van der Waals surface area contributed by atoms with Gasteiger partial charge in [-0.05, 0) is 25.7 Å². The molecule has 1 heterocycles. The highest BCUT2D eigenvalue weighted by atomic mass is 127. The number of alkyl halides is 1. The summed E-state index contributed by atoms with van der Waals surface area (Å²) in [6.45, 7) is 3.09. The monoisotopic (exact) mass is 298 g/mol. The first-order valence-corrected chi connectivity index (χ1v) is 6.48. The molecule has 2 nitrogen and oxygen atoms in total. The van der Waals surface area contributed by atoms with E-state index in [2.05, 4.69) is 29.5 Å². The number of halogens is 1. The Bertz CT molecular complexity index is 124. The molecule has 1 aliphatic heterocycles. The van der Waals surface area contributed by atoms with Crippen molar-refractivity contribution in [3.8, 4) is 0 Å². The highest BCUT2D eigenvalue weighted by Gasteiger charge is 2.17. The second-order valence-electron chi connectivity index (χ2n) is 3.48. The van der Waals surface area contributed by atoms with Crippen LogP contribution in [-0.4, -0.2) is 17.0 Å². The van der Waals surface area contributed by atoms with Gasteiger partial charge in [0.2, 0.25) is 0 Å². The normalized spacial score (nSPS) is 25.8. The minimum absolute atomic E-state index is 0.0764. The molecule has 78 valence electrons. The van der Waals surface area contributed by atoms with E-state index >= 15 is 0 Å². The van der Waals surface area contributed by atoms with E-state index in [0.29, 0.717) is 4.11 Å². The molecule has 3 heteroatoms. The van der Waals surface area contributed by atoms with Crippen molar-refractivity contribution in [3.05, 3.63) is 0 Å². The summed E-state index contributed by atoms with van der Waals surface area (Å²) in [4.78, 5) is 0. The van der Waals surface area contributed by atoms with Gasteiger partial charge in [-0.1, -0.05) is 42.4 Å². The van der Waals surface area contributed by atoms with Crippen molar-refractivity contribution < 1.29 is 9.47 Å². The maximum atomic E-state index is 5.76. The Hall–Kier alpha value is 0.650. The maximum Gasteiger partial charge on any atom is 0.159 e. The first kappa shape index (κ1) is 11.7. The second kappa shape index (κ2) is 7.01. The van der Waals surface area contributed by atoms with Gasteiger partial charge in [0.25, 0.3) is 0 Å². The van der Waals surface area contributed by atoms with Crippen LogP contribution in [-0.2, 0) is 9.47 Å². The van der Waals surface area contributed by atoms with Gasteiger partial charge in [-0.25, -0.2) is 0 Å². The van der Waals surface area contributed by atoms with Gasteiger partial charge in [-0.15, -0.1) is 0 Å². The largest absolute Gasteiger partial charge is 0.353 e. The van der Waals surface area contributed by atoms with Crippen LogP contribution >= 0.6 is 22.6 Å². The Kier molecular flexibility index (Phi) is 6.32. The molecule has 0 aliphatic carbocycles. The van der Waals surface area contributed by atoms with E-state index in [-0.39, 0.29) is 6.29 Å². The first-order chi connectivity index (χ1) is 6.33. The molecule has 0 bridgehead atoms. The zero-order valence-corrected chi connectivity index (χ0v) is 10.5. The molecule has 2 atom stereocenters. The van der Waals surface area contributed by atoms with Crippen LogP contribution in [0.4, 0.5) is 0 Å². The van der Waals surface area contributed by atoms with Crippen molar-refractivity contribution >= 4 is 22.6 Å². The molecular weight excluding hydrogens is 279 g/mol. The maximum absolute atomic E-state index is 5.76. The zero-order chi connectivity index (χ0) is 9.52. The van der Waals surface area contributed by atoms with Crippen molar-refractivity contribution in [2.45, 2.75) is 55.8 Å². The molecule has 0 amide bonds. The lowest BCUT2D eigenvalue weighted by Gasteiger charge is -2.25. The van der Waals surface area contributed by atoms with Crippen LogP contribution in [0, 0.1) is 0 Å². The summed E-state index contributed by atoms with van der Waals surface area (Å²) in [5, 5.41) is 0. The molecular formula is C10H19IO2. The van der Waals surface area contributed by atoms with Gasteiger partial charge in [-0.2, -0.15) is 0 Å². The fraction of sp³-hybridized carbons (Fsp3) is 1.00. The predicted octanol–water partition coefficient (Wildman–Crippen LogP) is 3.48. The Morgan fingerprint density at radius 3 is 3.00 bits per heavy atom. The molecule has 0 saturated carbocycles. The van der Waals surface area contributed by atoms with Gasteiger partial charge in [0.15, 0.2) is 6.29 Å². The van der Waals surface area contributed by atoms with Gasteiger partial charge < -0.3 is 9.47 Å². The van der Waals surface area contributed by atoms with E-state index in [9.17, 15) is 0 Å². The van der Waals surface area contributed by atoms with Crippen LogP contribution in [0.1, 0.15) is 45.4 Å². The van der Waals surface area contributed by atoms with Crippen molar-refractivity contribution in [1.29, 1.82) is 0 Å². The lowest BCUT2D eigenvalue weighted by Crippen LogP contribution is -2.25. The molecule has 0 aromatic carbocycles. The SMILES string of the molecule is CCCCC(I)OC1CCCCO1. The fourth-order valence-electron chi connectivity index (χ4n) is 1.42. The van der Waals surface area contributed by atoms with Gasteiger partial charge in [0.05, 0.1) is 0 Å². The third kappa shape index (κ3) is 5.18. The Morgan fingerprint density at radius 2 is 2.38 bits per heavy atom. The van der Waals surface area contributed by atoms with Crippen molar-refractivity contribution in [2.24, 2.45) is 0 Å². The van der Waals surface area contributed by atoms with E-state index in [1.807, 2.05) is 0 Å². The van der Waals surface area contributed by atoms with Crippen molar-refractivity contribution in [3.63, 3.8) is 0 Å². The lowest BCUT2D eigenvalue weighted by atomic mass is 10.2. The topological polar surface area (TPSA) is 18.5 Å². The molecule has 0 radical (unpaired) electrons. The number of ether oxygens (including phenoxy) is 2. The van der Waals surface area contributed by atoms with Crippen LogP contribution in [0.3, 0.4) is 0 Å². The van der Waals surface area contributed by atoms with E-state index < -0.39 is 0 Å². The van der Waals surface area contributed by atoms with Crippen molar-refractivity contribution in [2.75, 3.05) is 6.61 Å². The van der Waals surface area contributed by atoms with E-state index in [1.165, 1.54) is 25.7 Å². The Balaban J connectivity index is 2.07. The molecule has 0 aromatic rings. The van der Waals surface area contributed by atoms with E-state index in [4.69, 9.17) is 9.47 Å². The van der Waals surface area contributed by atoms with Crippen LogP contribution < -0.4 is 0 Å². The number of unbranched alkanes of at least 4 members (excludes halogenated alkanes) is 1. The van der Waals surface area contributed by atoms with Crippen LogP contribution in [0.15, 0.2) is 0 Å². The second-order valence-corrected chi connectivity index (χ2v) is 4.87. The highest BCUT2D eigenvalue weighted by molar-refractivity contribution is 14.1. The summed E-state index contributed by atoms with van der Waals surface area (Å²) < 4.78 is 11.6. The summed E-state index contributed by atoms with van der Waals surface area (Å²) in [7, 11) is 0. The molecule has 0 N–H and O–H groups in total. The first-order valence-electron chi connectivity index (χ1n) is 5.24. The molecule has 0 aromatic heterocycles. The molecule has 1 aliphatic rings. The molecule has 2 unspecified atom stereocenters. The van der Waals surface area contributed by atoms with E-state index in [1.54, 1.807) is 0 Å². The van der Waals surface area contributed by atoms with Gasteiger partial charge in [0, 0.05) is 6.61 Å². The van der Waals surface area contributed by atoms with E-state index in [0.717, 1.165) is 19.4 Å². The number of hydrogen-bond donors (Lipinski definition) is 0. The van der Waals surface area contributed by atoms with Gasteiger partial charge >= 0.3 is 0 Å². The molecule has 1 saturated heterocycles. The van der Waals surface area contributed by atoms with Gasteiger partial charge in [-0.3, -0.25) is 0 Å². The Morgan fingerprint density at radius 1 is 1.54 bits per heavy atom. The third-order valence-corrected chi connectivity index (χ3v) is 3.14. The zero-order valence-electron chi connectivity index (χ0n) is 8.30. The number of hydrogen-bond acceptors (Lipinski definition) is 2. The third-order valence-electron chi connectivity index (χ3n) is 2.22. The average Bonchev–Trinajstić information content (AvgIpc) is 2.16. The average molecular weight is 298 g/mol. The van der Waals surface area contributed by atoms with Crippen LogP contribution in [0.25, 0.3) is 0 Å². The van der Waals surface area contributed by atoms with Crippen LogP contribution in [0.5, 0.6) is 0 Å². The smallest absolute Gasteiger partial charge is 0.159 e. The summed E-state index contributed by atoms with van der Waals surface area (Å²) in [5.74, 6) is 0. The highest BCUT2D eigenvalue weighted by Crippen LogP contribution is 2.20. The fourth-order valence-corrected chi connectivity index (χ4v) is 2.18. The summed E-state index contributed by atoms with van der Waals surface area (Å²) in [5.41, 5.74) is 0. The molecule has 0 spiro atoms. The van der Waals surface area contributed by atoms with Crippen molar-refractivity contribution in [1.82, 2.24) is 0 Å². The minimum Gasteiger partial charge on any atom is -0.353 e. The molecule has 13 heavy (non-hydrogen) atoms. The predicted molar refractivity (Wildman–Crippen MR) is 62.0 cm³/mol. The molecule has 1 rings (SSSR count). The molecule has 1 fully saturated rings. The summed E-state index contributed by atoms with van der Waals surface area (Å²) >= 11 is 2.36. The standard InChI is InChI=1S/C10H19IO2/c1-2-3-6-9(11)13-10-7-4-5-8-12-10/h9-10H,2-8H2,1H3. The minimum atomic E-state index is 0.0764. The van der Waals surface area contributed by atoms with Gasteiger partial charge in [0.1, 0.15) is 4.11 Å². The summed E-state index contributed by atoms with van der Waals surface area (Å²) in [6.07, 6.45) is 7.24.